The minimum absolute atomic E-state index is 0.000690. The molecule has 1 aliphatic rings. The van der Waals surface area contributed by atoms with Gasteiger partial charge in [-0.05, 0) is 36.4 Å². The zero-order valence-corrected chi connectivity index (χ0v) is 14.5. The van der Waals surface area contributed by atoms with Crippen LogP contribution in [-0.4, -0.2) is 31.9 Å². The number of hydrogen-bond donors (Lipinski definition) is 2. The average Bonchev–Trinajstić information content (AvgIpc) is 3.00. The summed E-state index contributed by atoms with van der Waals surface area (Å²) in [5.41, 5.74) is -0.0461. The first kappa shape index (κ1) is 18.8. The standard InChI is InChI=1S/C17H14F2N2O5S/c18-11-1-6-15(14(19)8-11)20-27(25,26)13-4-2-12(3-5-13)21-9-10(17(23)24)7-16(21)22/h1-6,8,10,20H,7,9H2,(H,23,24). The molecule has 1 aliphatic heterocycles. The molecule has 2 aromatic carbocycles. The van der Waals surface area contributed by atoms with E-state index in [-0.39, 0.29) is 23.8 Å². The van der Waals surface area contributed by atoms with Gasteiger partial charge in [-0.2, -0.15) is 0 Å². The maximum atomic E-state index is 13.7. The maximum Gasteiger partial charge on any atom is 0.308 e. The highest BCUT2D eigenvalue weighted by Crippen LogP contribution is 2.27. The van der Waals surface area contributed by atoms with Crippen LogP contribution in [0.4, 0.5) is 20.2 Å². The number of carbonyl (C=O) groups is 2. The number of carboxylic acids is 1. The van der Waals surface area contributed by atoms with Crippen molar-refractivity contribution in [2.75, 3.05) is 16.2 Å². The third kappa shape index (κ3) is 3.90. The number of benzene rings is 2. The number of anilines is 2. The van der Waals surface area contributed by atoms with Gasteiger partial charge in [0.2, 0.25) is 5.91 Å². The number of rotatable bonds is 5. The zero-order chi connectivity index (χ0) is 19.8. The van der Waals surface area contributed by atoms with Gasteiger partial charge in [-0.3, -0.25) is 14.3 Å². The zero-order valence-electron chi connectivity index (χ0n) is 13.7. The molecule has 10 heteroatoms. The normalized spacial score (nSPS) is 17.2. The Kier molecular flexibility index (Phi) is 4.83. The molecule has 1 atom stereocenters. The Morgan fingerprint density at radius 2 is 1.81 bits per heavy atom. The Bertz CT molecular complexity index is 1010. The minimum Gasteiger partial charge on any atom is -0.481 e. The lowest BCUT2D eigenvalue weighted by Gasteiger charge is -2.16. The molecule has 1 fully saturated rings. The van der Waals surface area contributed by atoms with Crippen molar-refractivity contribution in [3.05, 3.63) is 54.1 Å². The smallest absolute Gasteiger partial charge is 0.308 e. The van der Waals surface area contributed by atoms with Crippen LogP contribution >= 0.6 is 0 Å². The van der Waals surface area contributed by atoms with Crippen molar-refractivity contribution in [1.29, 1.82) is 0 Å². The molecular weight excluding hydrogens is 382 g/mol. The number of nitrogens with one attached hydrogen (secondary N) is 1. The molecule has 0 radical (unpaired) electrons. The molecular formula is C17H14F2N2O5S. The lowest BCUT2D eigenvalue weighted by molar-refractivity contribution is -0.141. The van der Waals surface area contributed by atoms with Crippen molar-refractivity contribution < 1.29 is 31.9 Å². The van der Waals surface area contributed by atoms with E-state index in [0.29, 0.717) is 11.8 Å². The van der Waals surface area contributed by atoms with Gasteiger partial charge in [0.05, 0.1) is 16.5 Å². The third-order valence-electron chi connectivity index (χ3n) is 4.11. The second-order valence-electron chi connectivity index (χ2n) is 5.97. The van der Waals surface area contributed by atoms with Crippen LogP contribution < -0.4 is 9.62 Å². The Morgan fingerprint density at radius 1 is 1.15 bits per heavy atom. The maximum absolute atomic E-state index is 13.7. The summed E-state index contributed by atoms with van der Waals surface area (Å²) in [7, 11) is -4.14. The van der Waals surface area contributed by atoms with Crippen LogP contribution in [0.2, 0.25) is 0 Å². The molecule has 1 heterocycles. The van der Waals surface area contributed by atoms with Gasteiger partial charge in [-0.15, -0.1) is 0 Å². The highest BCUT2D eigenvalue weighted by atomic mass is 32.2. The van der Waals surface area contributed by atoms with E-state index in [9.17, 15) is 26.8 Å². The van der Waals surface area contributed by atoms with Crippen molar-refractivity contribution in [2.45, 2.75) is 11.3 Å². The molecule has 142 valence electrons. The van der Waals surface area contributed by atoms with E-state index < -0.39 is 39.2 Å². The summed E-state index contributed by atoms with van der Waals surface area (Å²) in [6, 6.07) is 7.57. The number of amides is 1. The Morgan fingerprint density at radius 3 is 2.37 bits per heavy atom. The Hall–Kier alpha value is -3.01. The quantitative estimate of drug-likeness (QED) is 0.807. The highest BCUT2D eigenvalue weighted by molar-refractivity contribution is 7.92. The molecule has 2 aromatic rings. The van der Waals surface area contributed by atoms with E-state index in [1.807, 2.05) is 4.72 Å². The number of halogens is 2. The van der Waals surface area contributed by atoms with Crippen LogP contribution in [0, 0.1) is 17.6 Å². The van der Waals surface area contributed by atoms with E-state index in [1.54, 1.807) is 0 Å². The molecule has 0 aliphatic carbocycles. The topological polar surface area (TPSA) is 104 Å². The summed E-state index contributed by atoms with van der Waals surface area (Å²) >= 11 is 0. The molecule has 7 nitrogen and oxygen atoms in total. The van der Waals surface area contributed by atoms with E-state index in [0.717, 1.165) is 12.1 Å². The number of sulfonamides is 1. The van der Waals surface area contributed by atoms with E-state index in [2.05, 4.69) is 0 Å². The Labute approximate surface area is 153 Å². The fourth-order valence-corrected chi connectivity index (χ4v) is 3.77. The summed E-state index contributed by atoms with van der Waals surface area (Å²) in [5, 5.41) is 9.01. The first-order valence-corrected chi connectivity index (χ1v) is 9.27. The predicted octanol–water partition coefficient (Wildman–Crippen LogP) is 2.20. The molecule has 0 saturated carbocycles. The largest absolute Gasteiger partial charge is 0.481 e. The van der Waals surface area contributed by atoms with Gasteiger partial charge in [-0.25, -0.2) is 17.2 Å². The number of nitrogens with zero attached hydrogens (tertiary/aromatic N) is 1. The van der Waals surface area contributed by atoms with E-state index >= 15 is 0 Å². The van der Waals surface area contributed by atoms with Crippen LogP contribution in [-0.2, 0) is 19.6 Å². The number of hydrogen-bond acceptors (Lipinski definition) is 4. The molecule has 27 heavy (non-hydrogen) atoms. The van der Waals surface area contributed by atoms with E-state index in [4.69, 9.17) is 5.11 Å². The molecule has 1 amide bonds. The number of carboxylic acid groups (broad SMARTS) is 1. The summed E-state index contributed by atoms with van der Waals surface area (Å²) < 4.78 is 53.3. The highest BCUT2D eigenvalue weighted by Gasteiger charge is 2.35. The van der Waals surface area contributed by atoms with E-state index in [1.165, 1.54) is 29.2 Å². The van der Waals surface area contributed by atoms with Crippen molar-refractivity contribution in [1.82, 2.24) is 0 Å². The number of carbonyl (C=O) groups excluding carboxylic acids is 1. The molecule has 0 spiro atoms. The fraction of sp³-hybridized carbons (Fsp3) is 0.176. The van der Waals surface area contributed by atoms with Crippen LogP contribution in [0.3, 0.4) is 0 Å². The van der Waals surface area contributed by atoms with Gasteiger partial charge >= 0.3 is 5.97 Å². The average molecular weight is 396 g/mol. The van der Waals surface area contributed by atoms with Gasteiger partial charge in [0.25, 0.3) is 10.0 Å². The second kappa shape index (κ2) is 6.95. The van der Waals surface area contributed by atoms with Crippen LogP contribution in [0.15, 0.2) is 47.4 Å². The summed E-state index contributed by atoms with van der Waals surface area (Å²) in [6.45, 7) is -0.000690. The summed E-state index contributed by atoms with van der Waals surface area (Å²) in [6.07, 6.45) is -0.124. The first-order valence-electron chi connectivity index (χ1n) is 7.78. The molecule has 1 saturated heterocycles. The van der Waals surface area contributed by atoms with Gasteiger partial charge in [0.1, 0.15) is 11.6 Å². The molecule has 0 aromatic heterocycles. The van der Waals surface area contributed by atoms with Gasteiger partial charge in [0, 0.05) is 24.7 Å². The molecule has 0 bridgehead atoms. The monoisotopic (exact) mass is 396 g/mol. The van der Waals surface area contributed by atoms with Gasteiger partial charge < -0.3 is 10.0 Å². The summed E-state index contributed by atoms with van der Waals surface area (Å²) in [4.78, 5) is 24.0. The second-order valence-corrected chi connectivity index (χ2v) is 7.65. The summed E-state index contributed by atoms with van der Waals surface area (Å²) in [5.74, 6) is -4.16. The lowest BCUT2D eigenvalue weighted by Crippen LogP contribution is -2.25. The van der Waals surface area contributed by atoms with Gasteiger partial charge in [0.15, 0.2) is 0 Å². The van der Waals surface area contributed by atoms with Crippen molar-refractivity contribution in [2.24, 2.45) is 5.92 Å². The predicted molar refractivity (Wildman–Crippen MR) is 91.7 cm³/mol. The van der Waals surface area contributed by atoms with Crippen molar-refractivity contribution in [3.8, 4) is 0 Å². The first-order chi connectivity index (χ1) is 12.7. The Balaban J connectivity index is 1.80. The van der Waals surface area contributed by atoms with Crippen LogP contribution in [0.5, 0.6) is 0 Å². The molecule has 1 unspecified atom stereocenters. The molecule has 2 N–H and O–H groups in total. The minimum atomic E-state index is -4.14. The van der Waals surface area contributed by atoms with Crippen LogP contribution in [0.25, 0.3) is 0 Å². The lowest BCUT2D eigenvalue weighted by atomic mass is 10.1. The molecule has 3 rings (SSSR count). The van der Waals surface area contributed by atoms with Crippen molar-refractivity contribution in [3.63, 3.8) is 0 Å². The van der Waals surface area contributed by atoms with Gasteiger partial charge in [-0.1, -0.05) is 0 Å². The fourth-order valence-electron chi connectivity index (χ4n) is 2.70. The number of aliphatic carboxylic acids is 1. The van der Waals surface area contributed by atoms with Crippen molar-refractivity contribution >= 4 is 33.3 Å². The SMILES string of the molecule is O=C(O)C1CC(=O)N(c2ccc(S(=O)(=O)Nc3ccc(F)cc3F)cc2)C1. The van der Waals surface area contributed by atoms with Crippen LogP contribution in [0.1, 0.15) is 6.42 Å². The third-order valence-corrected chi connectivity index (χ3v) is 5.49.